The van der Waals surface area contributed by atoms with E-state index in [9.17, 15) is 0 Å². The molecular formula is C20H23N5OS. The molecule has 1 aromatic carbocycles. The van der Waals surface area contributed by atoms with Gasteiger partial charge in [-0.25, -0.2) is 4.68 Å². The van der Waals surface area contributed by atoms with Crippen molar-refractivity contribution in [3.05, 3.63) is 59.1 Å². The fourth-order valence-corrected chi connectivity index (χ4v) is 3.52. The summed E-state index contributed by atoms with van der Waals surface area (Å²) in [6.45, 7) is 1.45. The Morgan fingerprint density at radius 2 is 2.00 bits per heavy atom. The van der Waals surface area contributed by atoms with E-state index < -0.39 is 0 Å². The highest BCUT2D eigenvalue weighted by Crippen LogP contribution is 2.38. The van der Waals surface area contributed by atoms with Crippen LogP contribution in [0.4, 0.5) is 0 Å². The molecule has 0 amide bonds. The molecule has 3 aromatic rings. The van der Waals surface area contributed by atoms with Gasteiger partial charge in [-0.15, -0.1) is 0 Å². The van der Waals surface area contributed by atoms with Gasteiger partial charge >= 0.3 is 0 Å². The molecule has 2 heterocycles. The van der Waals surface area contributed by atoms with Crippen LogP contribution in [0, 0.1) is 4.77 Å². The minimum atomic E-state index is 0.466. The zero-order valence-electron chi connectivity index (χ0n) is 15.6. The summed E-state index contributed by atoms with van der Waals surface area (Å²) in [7, 11) is 3.75. The number of methoxy groups -OCH3 is 1. The molecule has 0 unspecified atom stereocenters. The number of benzene rings is 1. The molecule has 27 heavy (non-hydrogen) atoms. The second-order valence-electron chi connectivity index (χ2n) is 6.95. The predicted octanol–water partition coefficient (Wildman–Crippen LogP) is 3.91. The molecule has 0 saturated heterocycles. The number of hydrogen-bond acceptors (Lipinski definition) is 5. The van der Waals surface area contributed by atoms with E-state index in [2.05, 4.69) is 33.6 Å². The van der Waals surface area contributed by atoms with Crippen molar-refractivity contribution in [1.29, 1.82) is 0 Å². The van der Waals surface area contributed by atoms with Crippen LogP contribution in [0.15, 0.2) is 48.8 Å². The summed E-state index contributed by atoms with van der Waals surface area (Å²) in [6, 6.07) is 12.6. The van der Waals surface area contributed by atoms with Crippen LogP contribution in [0.3, 0.4) is 0 Å². The van der Waals surface area contributed by atoms with Crippen LogP contribution in [-0.4, -0.2) is 38.4 Å². The van der Waals surface area contributed by atoms with Crippen LogP contribution >= 0.6 is 12.2 Å². The minimum absolute atomic E-state index is 0.466. The standard InChI is InChI=1S/C20H23N5OS/c1-23(13-15-5-9-18(26-2)10-6-15)14-24-20(27)25(17-7-8-17)19(22-24)16-4-3-11-21-12-16/h3-6,9-12,17H,7-8,13-14H2,1-2H3. The number of nitrogens with zero attached hydrogens (tertiary/aromatic N) is 5. The lowest BCUT2D eigenvalue weighted by atomic mass is 10.2. The topological polar surface area (TPSA) is 48.1 Å². The molecule has 1 aliphatic carbocycles. The van der Waals surface area contributed by atoms with Gasteiger partial charge in [0.05, 0.1) is 13.8 Å². The number of ether oxygens (including phenoxy) is 1. The molecule has 1 saturated carbocycles. The molecule has 1 fully saturated rings. The summed E-state index contributed by atoms with van der Waals surface area (Å²) in [5.41, 5.74) is 2.23. The van der Waals surface area contributed by atoms with Crippen molar-refractivity contribution in [3.8, 4) is 17.1 Å². The first-order valence-electron chi connectivity index (χ1n) is 9.07. The lowest BCUT2D eigenvalue weighted by molar-refractivity contribution is 0.243. The average molecular weight is 382 g/mol. The number of aromatic nitrogens is 4. The Hall–Kier alpha value is -2.51. The Morgan fingerprint density at radius 3 is 2.63 bits per heavy atom. The first-order valence-corrected chi connectivity index (χ1v) is 9.48. The molecular weight excluding hydrogens is 358 g/mol. The zero-order valence-corrected chi connectivity index (χ0v) is 16.4. The van der Waals surface area contributed by atoms with Gasteiger partial charge in [-0.1, -0.05) is 12.1 Å². The van der Waals surface area contributed by atoms with Crippen molar-refractivity contribution >= 4 is 12.2 Å². The van der Waals surface area contributed by atoms with Crippen molar-refractivity contribution in [2.75, 3.05) is 14.2 Å². The van der Waals surface area contributed by atoms with Gasteiger partial charge in [-0.05, 0) is 61.9 Å². The monoisotopic (exact) mass is 381 g/mol. The fraction of sp³-hybridized carbons (Fsp3) is 0.350. The first-order chi connectivity index (χ1) is 13.2. The Kier molecular flexibility index (Phi) is 5.05. The van der Waals surface area contributed by atoms with Crippen LogP contribution in [0.2, 0.25) is 0 Å². The highest BCUT2D eigenvalue weighted by atomic mass is 32.1. The van der Waals surface area contributed by atoms with Crippen LogP contribution in [0.1, 0.15) is 24.4 Å². The highest BCUT2D eigenvalue weighted by molar-refractivity contribution is 7.71. The van der Waals surface area contributed by atoms with Gasteiger partial charge in [0.25, 0.3) is 0 Å². The molecule has 4 rings (SSSR count). The molecule has 0 bridgehead atoms. The molecule has 0 aliphatic heterocycles. The smallest absolute Gasteiger partial charge is 0.199 e. The number of pyridine rings is 1. The van der Waals surface area contributed by atoms with Crippen molar-refractivity contribution in [3.63, 3.8) is 0 Å². The molecule has 2 aromatic heterocycles. The summed E-state index contributed by atoms with van der Waals surface area (Å²) in [5.74, 6) is 1.78. The van der Waals surface area contributed by atoms with Crippen LogP contribution in [0.5, 0.6) is 5.75 Å². The van der Waals surface area contributed by atoms with Gasteiger partial charge in [0.2, 0.25) is 0 Å². The first kappa shape index (κ1) is 17.9. The molecule has 140 valence electrons. The number of rotatable bonds is 7. The van der Waals surface area contributed by atoms with Crippen molar-refractivity contribution in [2.24, 2.45) is 0 Å². The summed E-state index contributed by atoms with van der Waals surface area (Å²) in [4.78, 5) is 6.44. The Balaban J connectivity index is 1.55. The maximum absolute atomic E-state index is 5.74. The molecule has 0 N–H and O–H groups in total. The normalized spacial score (nSPS) is 13.9. The second-order valence-corrected chi connectivity index (χ2v) is 7.32. The molecule has 7 heteroatoms. The maximum atomic E-state index is 5.74. The van der Waals surface area contributed by atoms with E-state index >= 15 is 0 Å². The van der Waals surface area contributed by atoms with Gasteiger partial charge in [0, 0.05) is 30.5 Å². The van der Waals surface area contributed by atoms with E-state index in [1.807, 2.05) is 35.1 Å². The molecule has 0 radical (unpaired) electrons. The summed E-state index contributed by atoms with van der Waals surface area (Å²) >= 11 is 5.74. The van der Waals surface area contributed by atoms with E-state index in [-0.39, 0.29) is 0 Å². The SMILES string of the molecule is COc1ccc(CN(C)Cn2nc(-c3cccnc3)n(C3CC3)c2=S)cc1. The van der Waals surface area contributed by atoms with Crippen molar-refractivity contribution in [1.82, 2.24) is 24.2 Å². The van der Waals surface area contributed by atoms with Crippen LogP contribution < -0.4 is 4.74 Å². The lowest BCUT2D eigenvalue weighted by Crippen LogP contribution is -2.22. The Morgan fingerprint density at radius 1 is 1.22 bits per heavy atom. The molecule has 1 aliphatic rings. The van der Waals surface area contributed by atoms with E-state index in [0.29, 0.717) is 12.7 Å². The maximum Gasteiger partial charge on any atom is 0.199 e. The van der Waals surface area contributed by atoms with Crippen molar-refractivity contribution < 1.29 is 4.74 Å². The Bertz CT molecular complexity index is 960. The largest absolute Gasteiger partial charge is 0.497 e. The Labute approximate surface area is 164 Å². The van der Waals surface area contributed by atoms with E-state index in [1.165, 1.54) is 5.56 Å². The zero-order chi connectivity index (χ0) is 18.8. The summed E-state index contributed by atoms with van der Waals surface area (Å²) < 4.78 is 10.1. The molecule has 0 spiro atoms. The van der Waals surface area contributed by atoms with Gasteiger partial charge in [0.1, 0.15) is 5.75 Å². The third kappa shape index (κ3) is 3.94. The fourth-order valence-electron chi connectivity index (χ4n) is 3.19. The van der Waals surface area contributed by atoms with E-state index in [1.54, 1.807) is 13.3 Å². The van der Waals surface area contributed by atoms with Crippen LogP contribution in [0.25, 0.3) is 11.4 Å². The van der Waals surface area contributed by atoms with Crippen LogP contribution in [-0.2, 0) is 13.2 Å². The van der Waals surface area contributed by atoms with E-state index in [4.69, 9.17) is 22.1 Å². The highest BCUT2D eigenvalue weighted by Gasteiger charge is 2.29. The van der Waals surface area contributed by atoms with Gasteiger partial charge in [0.15, 0.2) is 10.6 Å². The third-order valence-corrected chi connectivity index (χ3v) is 5.10. The second kappa shape index (κ2) is 7.62. The summed E-state index contributed by atoms with van der Waals surface area (Å²) in [6.07, 6.45) is 5.95. The van der Waals surface area contributed by atoms with Gasteiger partial charge < -0.3 is 4.74 Å². The summed E-state index contributed by atoms with van der Waals surface area (Å²) in [5, 5.41) is 4.82. The predicted molar refractivity (Wildman–Crippen MR) is 107 cm³/mol. The van der Waals surface area contributed by atoms with Gasteiger partial charge in [-0.2, -0.15) is 5.10 Å². The quantitative estimate of drug-likeness (QED) is 0.581. The average Bonchev–Trinajstić information content (AvgIpc) is 3.48. The van der Waals surface area contributed by atoms with E-state index in [0.717, 1.165) is 41.3 Å². The lowest BCUT2D eigenvalue weighted by Gasteiger charge is -2.16. The third-order valence-electron chi connectivity index (χ3n) is 4.69. The molecule has 0 atom stereocenters. The minimum Gasteiger partial charge on any atom is -0.497 e. The van der Waals surface area contributed by atoms with Crippen molar-refractivity contribution in [2.45, 2.75) is 32.1 Å². The van der Waals surface area contributed by atoms with Gasteiger partial charge in [-0.3, -0.25) is 14.5 Å². The molecule has 6 nitrogen and oxygen atoms in total. The number of hydrogen-bond donors (Lipinski definition) is 0.